The third-order valence-corrected chi connectivity index (χ3v) is 0. The predicted octanol–water partition coefficient (Wildman–Crippen LogP) is -0.319. The third-order valence-electron chi connectivity index (χ3n) is 0. The highest BCUT2D eigenvalue weighted by atomic mass is 35.1. The molecule has 0 rings (SSSR count). The molecular weight excluding hydrogens is 83.0 g/mol. The van der Waals surface area contributed by atoms with E-state index in [0.717, 1.165) is 0 Å². The van der Waals surface area contributed by atoms with Gasteiger partial charge in [-0.3, -0.25) is 9.11 Å². The van der Waals surface area contributed by atoms with Gasteiger partial charge in [-0.1, -0.05) is 0 Å². The fourth-order valence-electron chi connectivity index (χ4n) is 0. The lowest BCUT2D eigenvalue weighted by Crippen LogP contribution is -1.74. The molecule has 0 aromatic carbocycles. The van der Waals surface area contributed by atoms with Gasteiger partial charge in [0.25, 0.3) is 11.4 Å². The Hall–Kier alpha value is 0.0700. The Morgan fingerprint density at radius 1 is 1.50 bits per heavy atom. The molecule has 0 aliphatic rings. The van der Waals surface area contributed by atoms with Crippen LogP contribution in [0.25, 0.3) is 0 Å². The molecule has 0 radical (unpaired) electrons. The topological polar surface area (TPSA) is 57.5 Å². The van der Waals surface area contributed by atoms with Crippen LogP contribution >= 0.6 is 0 Å². The monoisotopic (exact) mass is 85.0 g/mol. The molecule has 0 aromatic heterocycles. The zero-order valence-corrected chi connectivity index (χ0v) is 2.53. The average molecular weight is 85.0 g/mol. The highest BCUT2D eigenvalue weighted by Crippen LogP contribution is 1.44. The van der Waals surface area contributed by atoms with Gasteiger partial charge in [0.2, 0.25) is 0 Å². The molecule has 26 valence electrons. The van der Waals surface area contributed by atoms with Crippen LogP contribution < -0.4 is 0 Å². The molecule has 0 unspecified atom stereocenters. The Morgan fingerprint density at radius 2 is 1.50 bits per heavy atom. The van der Waals surface area contributed by atoms with E-state index < -0.39 is 11.4 Å². The van der Waals surface area contributed by atoms with Gasteiger partial charge < -0.3 is 0 Å². The van der Waals surface area contributed by atoms with Crippen molar-refractivity contribution in [3.63, 3.8) is 0 Å². The summed E-state index contributed by atoms with van der Waals surface area (Å²) in [6.45, 7) is 0. The molecule has 0 aliphatic carbocycles. The van der Waals surface area contributed by atoms with Gasteiger partial charge in [-0.2, -0.15) is 4.21 Å². The van der Waals surface area contributed by atoms with E-state index in [1.807, 2.05) is 0 Å². The van der Waals surface area contributed by atoms with Gasteiger partial charge in [-0.15, -0.1) is 0 Å². The van der Waals surface area contributed by atoms with Gasteiger partial charge >= 0.3 is 0 Å². The van der Waals surface area contributed by atoms with E-state index in [9.17, 15) is 0 Å². The van der Waals surface area contributed by atoms with E-state index in [-0.39, 0.29) is 0 Å². The summed E-state index contributed by atoms with van der Waals surface area (Å²) in [5.41, 5.74) is 0. The summed E-state index contributed by atoms with van der Waals surface area (Å²) in [5, 5.41) is 0. The van der Waals surface area contributed by atoms with Crippen molar-refractivity contribution in [2.45, 2.75) is 0 Å². The summed E-state index contributed by atoms with van der Waals surface area (Å²) in [6, 6.07) is 0. The lowest BCUT2D eigenvalue weighted by Gasteiger charge is -1.59. The van der Waals surface area contributed by atoms with Gasteiger partial charge in [-0.05, 0) is 0 Å². The quantitative estimate of drug-likeness (QED) is 0.396. The summed E-state index contributed by atoms with van der Waals surface area (Å²) in [4.78, 5) is 0. The van der Waals surface area contributed by atoms with Crippen molar-refractivity contribution in [2.75, 3.05) is 0 Å². The summed E-state index contributed by atoms with van der Waals surface area (Å²) in [6.07, 6.45) is 0. The first-order valence-electron chi connectivity index (χ1n) is 0.532. The van der Waals surface area contributed by atoms with Gasteiger partial charge in [0.1, 0.15) is 0 Å². The lowest BCUT2D eigenvalue weighted by atomic mass is 15.9. The third kappa shape index (κ3) is 484. The van der Waals surface area contributed by atoms with E-state index in [4.69, 9.17) is 13.3 Å². The second-order valence-corrected chi connectivity index (χ2v) is 0.692. The largest absolute Gasteiger partial charge is 0.299 e. The molecule has 3 nitrogen and oxygen atoms in total. The van der Waals surface area contributed by atoms with Crippen molar-refractivity contribution in [1.29, 1.82) is 0 Å². The van der Waals surface area contributed by atoms with Crippen LogP contribution in [0, 0.1) is 0 Å². The highest BCUT2D eigenvalue weighted by Gasteiger charge is 1.62. The van der Waals surface area contributed by atoms with E-state index in [1.165, 1.54) is 0 Å². The minimum atomic E-state index is -2.61. The van der Waals surface area contributed by atoms with Crippen LogP contribution in [0.2, 0.25) is 0 Å². The second kappa shape index (κ2) is 1.40. The van der Waals surface area contributed by atoms with Crippen molar-refractivity contribution >= 4 is 11.4 Å². The Bertz CT molecular complexity index is 26.3. The molecule has 0 bridgehead atoms. The number of rotatable bonds is 0. The minimum absolute atomic E-state index is 2.61. The maximum atomic E-state index is 8.67. The minimum Gasteiger partial charge on any atom is -0.284 e. The molecule has 2 N–H and O–H groups in total. The molecule has 4 heteroatoms. The Balaban J connectivity index is 2.80. The summed E-state index contributed by atoms with van der Waals surface area (Å²) in [7, 11) is 0. The van der Waals surface area contributed by atoms with Crippen molar-refractivity contribution in [1.82, 2.24) is 0 Å². The molecule has 0 heterocycles. The average Bonchev–Trinajstić information content (AvgIpc) is 0.811. The van der Waals surface area contributed by atoms with Crippen molar-refractivity contribution in [3.05, 3.63) is 0 Å². The zero-order chi connectivity index (χ0) is 3.58. The first kappa shape index (κ1) is 4.07. The van der Waals surface area contributed by atoms with E-state index in [1.54, 1.807) is 0 Å². The van der Waals surface area contributed by atoms with E-state index in [0.29, 0.717) is 0 Å². The molecule has 0 spiro atoms. The number of hydrogen-bond acceptors (Lipinski definition) is 1. The van der Waals surface area contributed by atoms with Crippen LogP contribution in [-0.2, 0) is 11.4 Å². The van der Waals surface area contributed by atoms with Crippen molar-refractivity contribution in [3.8, 4) is 0 Å². The fraction of sp³-hybridized carbons (Fsp3) is 0. The molecule has 0 saturated heterocycles. The van der Waals surface area contributed by atoms with Crippen LogP contribution in [0.15, 0.2) is 0 Å². The first-order valence-corrected chi connectivity index (χ1v) is 1.60. The Labute approximate surface area is 25.8 Å². The maximum absolute atomic E-state index is 8.67. The number of hydrogen-bond donors (Lipinski definition) is 2. The van der Waals surface area contributed by atoms with E-state index in [2.05, 4.69) is 0 Å². The van der Waals surface area contributed by atoms with Crippen LogP contribution in [0.1, 0.15) is 0 Å². The SMILES string of the molecule is O=[35S](O)O. The van der Waals surface area contributed by atoms with Gasteiger partial charge in [0.15, 0.2) is 0 Å². The molecule has 0 aliphatic heterocycles. The van der Waals surface area contributed by atoms with Crippen LogP contribution in [0.4, 0.5) is 0 Å². The van der Waals surface area contributed by atoms with Crippen LogP contribution in [0.3, 0.4) is 0 Å². The van der Waals surface area contributed by atoms with Crippen LogP contribution in [-0.4, -0.2) is 13.3 Å². The maximum Gasteiger partial charge on any atom is 0.299 e. The summed E-state index contributed by atoms with van der Waals surface area (Å²) in [5.74, 6) is 0. The second-order valence-electron chi connectivity index (χ2n) is 0.231. The fourth-order valence-corrected chi connectivity index (χ4v) is 0. The Kier molecular flexibility index (Phi) is 1.42. The molecule has 0 saturated carbocycles. The summed E-state index contributed by atoms with van der Waals surface area (Å²) < 4.78 is 22.8. The molecule has 0 atom stereocenters. The molecular formula is H2O3S. The molecule has 4 heavy (non-hydrogen) atoms. The smallest absolute Gasteiger partial charge is 0.284 e. The van der Waals surface area contributed by atoms with Crippen LogP contribution in [0.5, 0.6) is 0 Å². The molecule has 0 amide bonds. The Morgan fingerprint density at radius 3 is 1.50 bits per heavy atom. The van der Waals surface area contributed by atoms with Crippen molar-refractivity contribution < 1.29 is 13.3 Å². The first-order chi connectivity index (χ1) is 1.73. The van der Waals surface area contributed by atoms with Gasteiger partial charge in [-0.25, -0.2) is 0 Å². The van der Waals surface area contributed by atoms with Gasteiger partial charge in [0.05, 0.1) is 0 Å². The zero-order valence-electron chi connectivity index (χ0n) is 1.71. The standard InChI is InChI=1S/H2O3S/c1-4(2)3/h(H2,1,2,3)/i4+3. The van der Waals surface area contributed by atoms with E-state index >= 15 is 0 Å². The predicted molar refractivity (Wildman–Crippen MR) is 13.4 cm³/mol. The summed E-state index contributed by atoms with van der Waals surface area (Å²) >= 11 is -2.61. The molecule has 0 fully saturated rings. The lowest BCUT2D eigenvalue weighted by molar-refractivity contribution is 0.454. The highest BCUT2D eigenvalue weighted by molar-refractivity contribution is 7.73. The normalized spacial score (nSPS) is 8.75. The molecule has 0 aromatic rings. The van der Waals surface area contributed by atoms with Gasteiger partial charge in [0, 0.05) is 0 Å². The van der Waals surface area contributed by atoms with Crippen molar-refractivity contribution in [2.24, 2.45) is 0 Å².